The Kier molecular flexibility index (Phi) is 3.59. The van der Waals surface area contributed by atoms with Crippen LogP contribution < -0.4 is 15.0 Å². The van der Waals surface area contributed by atoms with Gasteiger partial charge in [-0.1, -0.05) is 6.07 Å². The van der Waals surface area contributed by atoms with Gasteiger partial charge in [0.15, 0.2) is 0 Å². The van der Waals surface area contributed by atoms with Gasteiger partial charge in [-0.3, -0.25) is 9.69 Å². The number of carbonyl (C=O) groups excluding carboxylic acids is 1. The maximum absolute atomic E-state index is 11.9. The number of methoxy groups -OCH3 is 1. The van der Waals surface area contributed by atoms with Crippen LogP contribution in [-0.4, -0.2) is 36.8 Å². The lowest BCUT2D eigenvalue weighted by molar-refractivity contribution is -0.137. The number of carboxylic acids is 1. The van der Waals surface area contributed by atoms with Gasteiger partial charge in [-0.05, 0) is 24.6 Å². The Morgan fingerprint density at radius 1 is 1.58 bits per heavy atom. The Balaban J connectivity index is 2.39. The van der Waals surface area contributed by atoms with Crippen LogP contribution in [0.3, 0.4) is 0 Å². The summed E-state index contributed by atoms with van der Waals surface area (Å²) in [5.41, 5.74) is 1.58. The summed E-state index contributed by atoms with van der Waals surface area (Å²) >= 11 is 0. The molecule has 0 aromatic heterocycles. The minimum atomic E-state index is -0.932. The van der Waals surface area contributed by atoms with Gasteiger partial charge in [-0.15, -0.1) is 0 Å². The molecule has 1 unspecified atom stereocenters. The Labute approximate surface area is 111 Å². The molecule has 0 bridgehead atoms. The first-order chi connectivity index (χ1) is 9.02. The van der Waals surface area contributed by atoms with E-state index in [1.165, 1.54) is 12.0 Å². The maximum Gasteiger partial charge on any atom is 0.322 e. The number of carbonyl (C=O) groups is 2. The average Bonchev–Trinajstić information content (AvgIpc) is 2.69. The third kappa shape index (κ3) is 2.62. The van der Waals surface area contributed by atoms with E-state index in [2.05, 4.69) is 5.32 Å². The molecule has 1 aromatic carbocycles. The van der Waals surface area contributed by atoms with E-state index in [0.29, 0.717) is 18.0 Å². The van der Waals surface area contributed by atoms with E-state index in [1.807, 2.05) is 19.1 Å². The Morgan fingerprint density at radius 2 is 2.32 bits per heavy atom. The monoisotopic (exact) mass is 264 g/mol. The van der Waals surface area contributed by atoms with E-state index in [-0.39, 0.29) is 12.5 Å². The molecule has 0 aliphatic carbocycles. The van der Waals surface area contributed by atoms with Crippen molar-refractivity contribution in [3.63, 3.8) is 0 Å². The highest BCUT2D eigenvalue weighted by Gasteiger charge is 2.35. The van der Waals surface area contributed by atoms with Crippen LogP contribution in [0.25, 0.3) is 0 Å². The SMILES string of the molecule is COc1ccc(C)cc1N1C(=O)NCC1CC(=O)O. The van der Waals surface area contributed by atoms with E-state index in [9.17, 15) is 9.59 Å². The zero-order chi connectivity index (χ0) is 14.0. The van der Waals surface area contributed by atoms with Gasteiger partial charge in [0.05, 0.1) is 25.3 Å². The zero-order valence-electron chi connectivity index (χ0n) is 10.8. The van der Waals surface area contributed by atoms with Crippen molar-refractivity contribution in [2.24, 2.45) is 0 Å². The molecule has 0 saturated carbocycles. The molecule has 1 heterocycles. The van der Waals surface area contributed by atoms with Gasteiger partial charge < -0.3 is 15.2 Å². The van der Waals surface area contributed by atoms with Crippen LogP contribution in [0.1, 0.15) is 12.0 Å². The van der Waals surface area contributed by atoms with Gasteiger partial charge in [0.2, 0.25) is 0 Å². The van der Waals surface area contributed by atoms with E-state index >= 15 is 0 Å². The summed E-state index contributed by atoms with van der Waals surface area (Å²) in [6, 6.07) is 4.77. The molecule has 6 heteroatoms. The number of hydrogen-bond acceptors (Lipinski definition) is 3. The third-order valence-electron chi connectivity index (χ3n) is 3.08. The van der Waals surface area contributed by atoms with Crippen molar-refractivity contribution in [1.29, 1.82) is 0 Å². The third-order valence-corrected chi connectivity index (χ3v) is 3.08. The summed E-state index contributed by atoms with van der Waals surface area (Å²) < 4.78 is 5.25. The highest BCUT2D eigenvalue weighted by molar-refractivity contribution is 5.97. The van der Waals surface area contributed by atoms with Crippen LogP contribution in [0.4, 0.5) is 10.5 Å². The number of nitrogens with zero attached hydrogens (tertiary/aromatic N) is 1. The van der Waals surface area contributed by atoms with Gasteiger partial charge in [0.25, 0.3) is 0 Å². The second-order valence-corrected chi connectivity index (χ2v) is 4.48. The summed E-state index contributed by atoms with van der Waals surface area (Å²) in [6.45, 7) is 2.23. The topological polar surface area (TPSA) is 78.9 Å². The zero-order valence-corrected chi connectivity index (χ0v) is 10.8. The molecule has 1 aromatic rings. The second kappa shape index (κ2) is 5.17. The number of aryl methyl sites for hydroxylation is 1. The fourth-order valence-corrected chi connectivity index (χ4v) is 2.21. The molecule has 0 radical (unpaired) electrons. The maximum atomic E-state index is 11.9. The van der Waals surface area contributed by atoms with Crippen LogP contribution in [0, 0.1) is 6.92 Å². The van der Waals surface area contributed by atoms with Crippen LogP contribution in [0.15, 0.2) is 18.2 Å². The number of ether oxygens (including phenoxy) is 1. The first-order valence-electron chi connectivity index (χ1n) is 5.96. The molecule has 2 N–H and O–H groups in total. The molecule has 0 spiro atoms. The number of nitrogens with one attached hydrogen (secondary N) is 1. The highest BCUT2D eigenvalue weighted by Crippen LogP contribution is 2.32. The number of hydrogen-bond donors (Lipinski definition) is 2. The first-order valence-corrected chi connectivity index (χ1v) is 5.96. The summed E-state index contributed by atoms with van der Waals surface area (Å²) in [6.07, 6.45) is -0.101. The summed E-state index contributed by atoms with van der Waals surface area (Å²) in [5, 5.41) is 11.6. The lowest BCUT2D eigenvalue weighted by atomic mass is 10.1. The fraction of sp³-hybridized carbons (Fsp3) is 0.385. The largest absolute Gasteiger partial charge is 0.495 e. The van der Waals surface area contributed by atoms with Gasteiger partial charge in [-0.2, -0.15) is 0 Å². The minimum Gasteiger partial charge on any atom is -0.495 e. The predicted molar refractivity (Wildman–Crippen MR) is 69.6 cm³/mol. The summed E-state index contributed by atoms with van der Waals surface area (Å²) in [4.78, 5) is 24.2. The van der Waals surface area contributed by atoms with Crippen molar-refractivity contribution in [3.05, 3.63) is 23.8 Å². The van der Waals surface area contributed by atoms with Crippen molar-refractivity contribution in [1.82, 2.24) is 5.32 Å². The Bertz CT molecular complexity index is 515. The van der Waals surface area contributed by atoms with Gasteiger partial charge in [-0.25, -0.2) is 4.79 Å². The second-order valence-electron chi connectivity index (χ2n) is 4.48. The number of anilines is 1. The molecule has 1 atom stereocenters. The summed E-state index contributed by atoms with van der Waals surface area (Å²) in [5.74, 6) is -0.379. The van der Waals surface area contributed by atoms with Crippen LogP contribution in [-0.2, 0) is 4.79 Å². The Hall–Kier alpha value is -2.24. The lowest BCUT2D eigenvalue weighted by Gasteiger charge is -2.24. The molecule has 2 amide bonds. The van der Waals surface area contributed by atoms with E-state index < -0.39 is 12.0 Å². The fourth-order valence-electron chi connectivity index (χ4n) is 2.21. The van der Waals surface area contributed by atoms with Gasteiger partial charge >= 0.3 is 12.0 Å². The standard InChI is InChI=1S/C13H16N2O4/c1-8-3-4-11(19-2)10(5-8)15-9(6-12(16)17)7-14-13(15)18/h3-5,9H,6-7H2,1-2H3,(H,14,18)(H,16,17). The van der Waals surface area contributed by atoms with E-state index in [1.54, 1.807) is 6.07 Å². The van der Waals surface area contributed by atoms with Crippen molar-refractivity contribution >= 4 is 17.7 Å². The molecule has 2 rings (SSSR count). The normalized spacial score (nSPS) is 18.3. The van der Waals surface area contributed by atoms with Crippen molar-refractivity contribution in [2.45, 2.75) is 19.4 Å². The van der Waals surface area contributed by atoms with Crippen LogP contribution in [0.2, 0.25) is 0 Å². The first kappa shape index (κ1) is 13.2. The van der Waals surface area contributed by atoms with E-state index in [0.717, 1.165) is 5.56 Å². The number of aliphatic carboxylic acids is 1. The number of rotatable bonds is 4. The number of urea groups is 1. The molecule has 1 fully saturated rings. The molecule has 1 aliphatic heterocycles. The predicted octanol–water partition coefficient (Wildman–Crippen LogP) is 1.38. The number of benzene rings is 1. The van der Waals surface area contributed by atoms with Crippen molar-refractivity contribution in [3.8, 4) is 5.75 Å². The minimum absolute atomic E-state index is 0.101. The average molecular weight is 264 g/mol. The van der Waals surface area contributed by atoms with Crippen molar-refractivity contribution < 1.29 is 19.4 Å². The van der Waals surface area contributed by atoms with Crippen molar-refractivity contribution in [2.75, 3.05) is 18.6 Å². The molecule has 102 valence electrons. The van der Waals surface area contributed by atoms with Crippen LogP contribution >= 0.6 is 0 Å². The Morgan fingerprint density at radius 3 is 2.95 bits per heavy atom. The summed E-state index contributed by atoms with van der Waals surface area (Å²) in [7, 11) is 1.52. The molecule has 6 nitrogen and oxygen atoms in total. The van der Waals surface area contributed by atoms with Crippen LogP contribution in [0.5, 0.6) is 5.75 Å². The highest BCUT2D eigenvalue weighted by atomic mass is 16.5. The number of carboxylic acid groups (broad SMARTS) is 1. The molecule has 1 aliphatic rings. The number of amides is 2. The van der Waals surface area contributed by atoms with Gasteiger partial charge in [0, 0.05) is 6.54 Å². The molecule has 1 saturated heterocycles. The smallest absolute Gasteiger partial charge is 0.322 e. The van der Waals surface area contributed by atoms with E-state index in [4.69, 9.17) is 9.84 Å². The van der Waals surface area contributed by atoms with Gasteiger partial charge in [0.1, 0.15) is 5.75 Å². The molecular formula is C13H16N2O4. The molecule has 19 heavy (non-hydrogen) atoms. The molecular weight excluding hydrogens is 248 g/mol. The lowest BCUT2D eigenvalue weighted by Crippen LogP contribution is -2.36. The quantitative estimate of drug-likeness (QED) is 0.861.